The minimum absolute atomic E-state index is 0.154. The van der Waals surface area contributed by atoms with Gasteiger partial charge in [0.1, 0.15) is 13.2 Å². The molecule has 0 saturated carbocycles. The summed E-state index contributed by atoms with van der Waals surface area (Å²) in [6, 6.07) is 17.2. The highest BCUT2D eigenvalue weighted by atomic mass is 32.2. The number of amides is 1. The van der Waals surface area contributed by atoms with Crippen LogP contribution in [0.4, 0.5) is 0 Å². The Morgan fingerprint density at radius 2 is 1.82 bits per heavy atom. The Labute approximate surface area is 220 Å². The zero-order valence-electron chi connectivity index (χ0n) is 20.9. The number of fused-ring (bicyclic) bond motifs is 2. The third kappa shape index (κ3) is 5.24. The van der Waals surface area contributed by atoms with E-state index in [-0.39, 0.29) is 17.1 Å². The number of carbonyl (C=O) groups excluding carboxylic acids is 1. The maximum atomic E-state index is 13.5. The number of rotatable bonds is 9. The van der Waals surface area contributed by atoms with Gasteiger partial charge in [-0.2, -0.15) is 0 Å². The molecule has 1 amide bonds. The highest BCUT2D eigenvalue weighted by Gasteiger charge is 2.25. The lowest BCUT2D eigenvalue weighted by atomic mass is 10.00. The summed E-state index contributed by atoms with van der Waals surface area (Å²) in [5.74, 6) is 0.367. The smallest absolute Gasteiger partial charge is 0.255 e. The van der Waals surface area contributed by atoms with Crippen LogP contribution in [-0.4, -0.2) is 56.8 Å². The molecule has 0 saturated heterocycles. The second kappa shape index (κ2) is 10.9. The van der Waals surface area contributed by atoms with E-state index in [1.165, 1.54) is 12.1 Å². The molecule has 0 fully saturated rings. The average molecular weight is 536 g/mol. The Kier molecular flexibility index (Phi) is 7.37. The van der Waals surface area contributed by atoms with Crippen LogP contribution < -0.4 is 19.5 Å². The molecule has 0 radical (unpaired) electrons. The summed E-state index contributed by atoms with van der Waals surface area (Å²) in [5.41, 5.74) is 3.64. The number of nitrogens with one attached hydrogen (secondary N) is 3. The van der Waals surface area contributed by atoms with Crippen molar-refractivity contribution in [2.24, 2.45) is 0 Å². The van der Waals surface area contributed by atoms with Crippen molar-refractivity contribution in [3.05, 3.63) is 78.0 Å². The van der Waals surface area contributed by atoms with Crippen LogP contribution in [-0.2, 0) is 16.4 Å². The van der Waals surface area contributed by atoms with Crippen LogP contribution in [0.25, 0.3) is 22.0 Å². The zero-order valence-corrected chi connectivity index (χ0v) is 21.7. The van der Waals surface area contributed by atoms with Gasteiger partial charge < -0.3 is 24.9 Å². The lowest BCUT2D eigenvalue weighted by Crippen LogP contribution is -2.39. The molecule has 0 bridgehead atoms. The average Bonchev–Trinajstić information content (AvgIpc) is 3.34. The van der Waals surface area contributed by atoms with Gasteiger partial charge in [-0.05, 0) is 53.4 Å². The molecule has 0 spiro atoms. The number of hydrogen-bond acceptors (Lipinski definition) is 6. The SMILES string of the molecule is CCNS(=O)(=O)c1ccc(-c2cc3c(c(C(=O)N[C@@H](CO)Cc4c[nH]c5ccccc45)c2)OCCO3)cc1. The molecule has 198 valence electrons. The molecule has 4 N–H and O–H groups in total. The fraction of sp³-hybridized carbons (Fsp3) is 0.250. The van der Waals surface area contributed by atoms with Crippen molar-refractivity contribution in [1.82, 2.24) is 15.0 Å². The van der Waals surface area contributed by atoms with Crippen molar-refractivity contribution >= 4 is 26.8 Å². The van der Waals surface area contributed by atoms with Crippen molar-refractivity contribution in [3.63, 3.8) is 0 Å². The molecule has 1 aliphatic rings. The summed E-state index contributed by atoms with van der Waals surface area (Å²) in [4.78, 5) is 16.8. The van der Waals surface area contributed by atoms with Crippen LogP contribution in [0.3, 0.4) is 0 Å². The molecule has 4 aromatic rings. The number of para-hydroxylation sites is 1. The number of sulfonamides is 1. The maximum Gasteiger partial charge on any atom is 0.255 e. The predicted octanol–water partition coefficient (Wildman–Crippen LogP) is 3.24. The van der Waals surface area contributed by atoms with Crippen LogP contribution in [0.5, 0.6) is 11.5 Å². The van der Waals surface area contributed by atoms with Gasteiger partial charge in [-0.1, -0.05) is 37.3 Å². The lowest BCUT2D eigenvalue weighted by Gasteiger charge is -2.23. The fourth-order valence-corrected chi connectivity index (χ4v) is 5.62. The van der Waals surface area contributed by atoms with Gasteiger partial charge in [0, 0.05) is 23.6 Å². The van der Waals surface area contributed by atoms with Crippen molar-refractivity contribution in [3.8, 4) is 22.6 Å². The number of hydrogen-bond donors (Lipinski definition) is 4. The van der Waals surface area contributed by atoms with Crippen molar-refractivity contribution in [2.45, 2.75) is 24.3 Å². The minimum Gasteiger partial charge on any atom is -0.486 e. The van der Waals surface area contributed by atoms with Gasteiger partial charge in [0.25, 0.3) is 5.91 Å². The minimum atomic E-state index is -3.58. The highest BCUT2D eigenvalue weighted by Crippen LogP contribution is 2.38. The number of aliphatic hydroxyl groups is 1. The number of carbonyl (C=O) groups is 1. The first-order valence-corrected chi connectivity index (χ1v) is 13.9. The number of H-pyrrole nitrogens is 1. The molecule has 1 atom stereocenters. The van der Waals surface area contributed by atoms with Crippen molar-refractivity contribution in [2.75, 3.05) is 26.4 Å². The Hall–Kier alpha value is -3.86. The molecule has 1 aliphatic heterocycles. The number of ether oxygens (including phenoxy) is 2. The van der Waals surface area contributed by atoms with Crippen LogP contribution in [0, 0.1) is 0 Å². The fourth-order valence-electron chi connectivity index (χ4n) is 4.58. The molecule has 1 aromatic heterocycles. The van der Waals surface area contributed by atoms with E-state index in [0.717, 1.165) is 16.5 Å². The summed E-state index contributed by atoms with van der Waals surface area (Å²) in [5, 5.41) is 14.0. The Balaban J connectivity index is 1.43. The first-order valence-electron chi connectivity index (χ1n) is 12.4. The second-order valence-electron chi connectivity index (χ2n) is 8.99. The molecule has 9 nitrogen and oxygen atoms in total. The van der Waals surface area contributed by atoms with Crippen LogP contribution in [0.15, 0.2) is 71.8 Å². The molecule has 0 unspecified atom stereocenters. The van der Waals surface area contributed by atoms with Gasteiger partial charge in [-0.3, -0.25) is 4.79 Å². The molecule has 0 aliphatic carbocycles. The van der Waals surface area contributed by atoms with Gasteiger partial charge in [-0.15, -0.1) is 0 Å². The second-order valence-corrected chi connectivity index (χ2v) is 10.8. The van der Waals surface area contributed by atoms with Crippen LogP contribution in [0.1, 0.15) is 22.8 Å². The van der Waals surface area contributed by atoms with E-state index in [2.05, 4.69) is 15.0 Å². The van der Waals surface area contributed by atoms with E-state index in [9.17, 15) is 18.3 Å². The standard InChI is InChI=1S/C28H29N3O6S/c1-2-30-38(34,35)22-9-7-18(8-10-22)19-14-24(27-26(15-19)36-11-12-37-27)28(33)31-21(17-32)13-20-16-29-25-6-4-3-5-23(20)25/h3-10,14-16,21,29-30,32H,2,11-13,17H2,1H3,(H,31,33)/t21-/m1/s1. The molecule has 38 heavy (non-hydrogen) atoms. The van der Waals surface area contributed by atoms with E-state index in [1.807, 2.05) is 30.5 Å². The summed E-state index contributed by atoms with van der Waals surface area (Å²) < 4.78 is 38.7. The summed E-state index contributed by atoms with van der Waals surface area (Å²) in [6.07, 6.45) is 2.33. The van der Waals surface area contributed by atoms with Crippen molar-refractivity contribution in [1.29, 1.82) is 0 Å². The molecule has 2 heterocycles. The van der Waals surface area contributed by atoms with E-state index in [4.69, 9.17) is 9.47 Å². The third-order valence-corrected chi connectivity index (χ3v) is 7.98. The summed E-state index contributed by atoms with van der Waals surface area (Å²) in [6.45, 7) is 2.42. The molecule has 5 rings (SSSR count). The number of aromatic nitrogens is 1. The van der Waals surface area contributed by atoms with E-state index in [1.54, 1.807) is 31.2 Å². The van der Waals surface area contributed by atoms with Gasteiger partial charge in [-0.25, -0.2) is 13.1 Å². The largest absolute Gasteiger partial charge is 0.486 e. The topological polar surface area (TPSA) is 130 Å². The molecular weight excluding hydrogens is 506 g/mol. The molecule has 10 heteroatoms. The van der Waals surface area contributed by atoms with E-state index < -0.39 is 22.0 Å². The van der Waals surface area contributed by atoms with Crippen LogP contribution in [0.2, 0.25) is 0 Å². The van der Waals surface area contributed by atoms with Gasteiger partial charge >= 0.3 is 0 Å². The van der Waals surface area contributed by atoms with E-state index in [0.29, 0.717) is 48.8 Å². The van der Waals surface area contributed by atoms with Crippen molar-refractivity contribution < 1.29 is 27.8 Å². The first-order chi connectivity index (χ1) is 18.4. The maximum absolute atomic E-state index is 13.5. The predicted molar refractivity (Wildman–Crippen MR) is 144 cm³/mol. The normalized spacial score (nSPS) is 13.8. The summed E-state index contributed by atoms with van der Waals surface area (Å²) in [7, 11) is -3.58. The Morgan fingerprint density at radius 3 is 2.58 bits per heavy atom. The zero-order chi connectivity index (χ0) is 26.7. The first kappa shape index (κ1) is 25.8. The van der Waals surface area contributed by atoms with Gasteiger partial charge in [0.15, 0.2) is 11.5 Å². The molecular formula is C28H29N3O6S. The Bertz CT molecular complexity index is 1560. The monoisotopic (exact) mass is 535 g/mol. The molecule has 3 aromatic carbocycles. The van der Waals surface area contributed by atoms with Gasteiger partial charge in [0.2, 0.25) is 10.0 Å². The lowest BCUT2D eigenvalue weighted by molar-refractivity contribution is 0.0906. The number of benzene rings is 3. The number of aliphatic hydroxyl groups excluding tert-OH is 1. The van der Waals surface area contributed by atoms with Crippen LogP contribution >= 0.6 is 0 Å². The Morgan fingerprint density at radius 1 is 1.05 bits per heavy atom. The summed E-state index contributed by atoms with van der Waals surface area (Å²) >= 11 is 0. The van der Waals surface area contributed by atoms with Gasteiger partial charge in [0.05, 0.1) is 23.1 Å². The number of aromatic amines is 1. The third-order valence-electron chi connectivity index (χ3n) is 6.42. The quantitative estimate of drug-likeness (QED) is 0.260. The van der Waals surface area contributed by atoms with E-state index >= 15 is 0 Å². The highest BCUT2D eigenvalue weighted by molar-refractivity contribution is 7.89.